The van der Waals surface area contributed by atoms with Gasteiger partial charge in [0.25, 0.3) is 5.91 Å². The summed E-state index contributed by atoms with van der Waals surface area (Å²) in [6.07, 6.45) is 2.69. The molecule has 0 saturated carbocycles. The van der Waals surface area contributed by atoms with E-state index in [-0.39, 0.29) is 11.9 Å². The Morgan fingerprint density at radius 2 is 2.08 bits per heavy atom. The number of nitrogens with zero attached hydrogens (tertiary/aromatic N) is 2. The lowest BCUT2D eigenvalue weighted by Crippen LogP contribution is -2.35. The number of nitrogens with one attached hydrogen (secondary N) is 2. The van der Waals surface area contributed by atoms with Crippen LogP contribution in [-0.4, -0.2) is 34.2 Å². The van der Waals surface area contributed by atoms with Crippen molar-refractivity contribution < 1.29 is 9.59 Å². The SMILES string of the molecule is NC(=O)c1cccc2cn(-c3ccc(CNC4CCNC4=O)cc3)nc12. The van der Waals surface area contributed by atoms with Gasteiger partial charge in [-0.1, -0.05) is 24.3 Å². The molecule has 1 aromatic heterocycles. The predicted molar refractivity (Wildman–Crippen MR) is 97.8 cm³/mol. The first kappa shape index (κ1) is 16.3. The number of aromatic nitrogens is 2. The molecule has 1 saturated heterocycles. The van der Waals surface area contributed by atoms with Crippen molar-refractivity contribution in [3.8, 4) is 5.69 Å². The number of nitrogens with two attached hydrogens (primary N) is 1. The van der Waals surface area contributed by atoms with Crippen LogP contribution in [0.2, 0.25) is 0 Å². The molecular weight excluding hydrogens is 330 g/mol. The number of hydrogen-bond donors (Lipinski definition) is 3. The van der Waals surface area contributed by atoms with Crippen LogP contribution in [-0.2, 0) is 11.3 Å². The molecule has 1 aliphatic heterocycles. The summed E-state index contributed by atoms with van der Waals surface area (Å²) in [5.41, 5.74) is 8.40. The maximum Gasteiger partial charge on any atom is 0.250 e. The molecule has 0 spiro atoms. The van der Waals surface area contributed by atoms with Crippen molar-refractivity contribution in [1.29, 1.82) is 0 Å². The largest absolute Gasteiger partial charge is 0.366 e. The number of carbonyl (C=O) groups is 2. The zero-order valence-electron chi connectivity index (χ0n) is 14.1. The molecule has 1 aliphatic rings. The molecule has 4 N–H and O–H groups in total. The normalized spacial score (nSPS) is 16.8. The molecule has 0 aliphatic carbocycles. The predicted octanol–water partition coefficient (Wildman–Crippen LogP) is 1.10. The summed E-state index contributed by atoms with van der Waals surface area (Å²) in [5, 5.41) is 11.4. The standard InChI is InChI=1S/C19H19N5O2/c20-18(25)15-3-1-2-13-11-24(23-17(13)15)14-6-4-12(5-7-14)10-22-16-8-9-21-19(16)26/h1-7,11,16,22H,8-10H2,(H2,20,25)(H,21,26). The fourth-order valence-corrected chi connectivity index (χ4v) is 3.17. The molecule has 26 heavy (non-hydrogen) atoms. The minimum Gasteiger partial charge on any atom is -0.366 e. The molecule has 0 bridgehead atoms. The maximum atomic E-state index is 11.6. The third-order valence-corrected chi connectivity index (χ3v) is 4.60. The minimum absolute atomic E-state index is 0.0649. The molecule has 3 aromatic rings. The zero-order chi connectivity index (χ0) is 18.1. The smallest absolute Gasteiger partial charge is 0.250 e. The van der Waals surface area contributed by atoms with Crippen molar-refractivity contribution in [2.45, 2.75) is 19.0 Å². The highest BCUT2D eigenvalue weighted by Gasteiger charge is 2.22. The number of benzene rings is 2. The molecule has 0 radical (unpaired) electrons. The van der Waals surface area contributed by atoms with Gasteiger partial charge in [-0.3, -0.25) is 9.59 Å². The molecule has 4 rings (SSSR count). The van der Waals surface area contributed by atoms with E-state index in [1.165, 1.54) is 0 Å². The van der Waals surface area contributed by atoms with Gasteiger partial charge in [-0.05, 0) is 30.2 Å². The van der Waals surface area contributed by atoms with E-state index >= 15 is 0 Å². The quantitative estimate of drug-likeness (QED) is 0.642. The van der Waals surface area contributed by atoms with Gasteiger partial charge >= 0.3 is 0 Å². The van der Waals surface area contributed by atoms with Crippen molar-refractivity contribution in [1.82, 2.24) is 20.4 Å². The van der Waals surface area contributed by atoms with E-state index in [1.807, 2.05) is 36.5 Å². The van der Waals surface area contributed by atoms with Crippen LogP contribution in [0.5, 0.6) is 0 Å². The number of primary amides is 1. The third kappa shape index (κ3) is 3.04. The molecule has 7 nitrogen and oxygen atoms in total. The van der Waals surface area contributed by atoms with Gasteiger partial charge in [0.1, 0.15) is 5.52 Å². The maximum absolute atomic E-state index is 11.6. The van der Waals surface area contributed by atoms with E-state index < -0.39 is 5.91 Å². The molecule has 1 atom stereocenters. The summed E-state index contributed by atoms with van der Waals surface area (Å²) in [6.45, 7) is 1.36. The lowest BCUT2D eigenvalue weighted by atomic mass is 10.1. The van der Waals surface area contributed by atoms with Crippen LogP contribution in [0.15, 0.2) is 48.7 Å². The van der Waals surface area contributed by atoms with Crippen LogP contribution < -0.4 is 16.4 Å². The zero-order valence-corrected chi connectivity index (χ0v) is 14.1. The van der Waals surface area contributed by atoms with Gasteiger partial charge < -0.3 is 16.4 Å². The first-order valence-electron chi connectivity index (χ1n) is 8.50. The second-order valence-electron chi connectivity index (χ2n) is 6.36. The summed E-state index contributed by atoms with van der Waals surface area (Å²) < 4.78 is 1.73. The Morgan fingerprint density at radius 1 is 1.27 bits per heavy atom. The summed E-state index contributed by atoms with van der Waals surface area (Å²) >= 11 is 0. The number of amides is 2. The van der Waals surface area contributed by atoms with E-state index in [1.54, 1.807) is 16.8 Å². The van der Waals surface area contributed by atoms with Crippen molar-refractivity contribution in [2.24, 2.45) is 5.73 Å². The molecule has 1 fully saturated rings. The Morgan fingerprint density at radius 3 is 2.77 bits per heavy atom. The Hall–Kier alpha value is -3.19. The topological polar surface area (TPSA) is 102 Å². The van der Waals surface area contributed by atoms with Crippen LogP contribution in [0.3, 0.4) is 0 Å². The monoisotopic (exact) mass is 349 g/mol. The average Bonchev–Trinajstić information content (AvgIpc) is 3.26. The lowest BCUT2D eigenvalue weighted by Gasteiger charge is -2.10. The summed E-state index contributed by atoms with van der Waals surface area (Å²) in [6, 6.07) is 13.2. The van der Waals surface area contributed by atoms with Crippen molar-refractivity contribution in [3.63, 3.8) is 0 Å². The van der Waals surface area contributed by atoms with Crippen molar-refractivity contribution in [2.75, 3.05) is 6.54 Å². The van der Waals surface area contributed by atoms with Crippen LogP contribution in [0.1, 0.15) is 22.3 Å². The average molecular weight is 349 g/mol. The van der Waals surface area contributed by atoms with Crippen LogP contribution in [0.25, 0.3) is 16.6 Å². The molecule has 7 heteroatoms. The van der Waals surface area contributed by atoms with Gasteiger partial charge in [-0.25, -0.2) is 4.68 Å². The number of carbonyl (C=O) groups excluding carboxylic acids is 2. The van der Waals surface area contributed by atoms with Crippen molar-refractivity contribution in [3.05, 3.63) is 59.8 Å². The Kier molecular flexibility index (Phi) is 4.14. The van der Waals surface area contributed by atoms with Gasteiger partial charge in [0.15, 0.2) is 0 Å². The summed E-state index contributed by atoms with van der Waals surface area (Å²) in [5.74, 6) is -0.423. The molecule has 2 aromatic carbocycles. The fraction of sp³-hybridized carbons (Fsp3) is 0.211. The Labute approximate surface area is 150 Å². The molecular formula is C19H19N5O2. The summed E-state index contributed by atoms with van der Waals surface area (Å²) in [4.78, 5) is 23.1. The van der Waals surface area contributed by atoms with Gasteiger partial charge in [0, 0.05) is 24.7 Å². The first-order valence-corrected chi connectivity index (χ1v) is 8.50. The number of fused-ring (bicyclic) bond motifs is 1. The van der Waals surface area contributed by atoms with E-state index in [4.69, 9.17) is 5.73 Å². The second kappa shape index (κ2) is 6.61. The third-order valence-electron chi connectivity index (χ3n) is 4.60. The molecule has 132 valence electrons. The van der Waals surface area contributed by atoms with Gasteiger partial charge in [0.2, 0.25) is 5.91 Å². The minimum atomic E-state index is -0.488. The lowest BCUT2D eigenvalue weighted by molar-refractivity contribution is -0.120. The second-order valence-corrected chi connectivity index (χ2v) is 6.36. The molecule has 2 heterocycles. The van der Waals surface area contributed by atoms with Crippen molar-refractivity contribution >= 4 is 22.7 Å². The summed E-state index contributed by atoms with van der Waals surface area (Å²) in [7, 11) is 0. The highest BCUT2D eigenvalue weighted by molar-refractivity contribution is 6.04. The van der Waals surface area contributed by atoms with E-state index in [0.29, 0.717) is 17.6 Å². The fourth-order valence-electron chi connectivity index (χ4n) is 3.17. The van der Waals surface area contributed by atoms with Crippen LogP contribution in [0.4, 0.5) is 0 Å². The van der Waals surface area contributed by atoms with E-state index in [2.05, 4.69) is 15.7 Å². The van der Waals surface area contributed by atoms with Crippen LogP contribution in [0, 0.1) is 0 Å². The van der Waals surface area contributed by atoms with Crippen LogP contribution >= 0.6 is 0 Å². The first-order chi connectivity index (χ1) is 12.6. The highest BCUT2D eigenvalue weighted by Crippen LogP contribution is 2.19. The Bertz CT molecular complexity index is 977. The van der Waals surface area contributed by atoms with Gasteiger partial charge in [-0.2, -0.15) is 5.10 Å². The molecule has 2 amide bonds. The van der Waals surface area contributed by atoms with E-state index in [9.17, 15) is 9.59 Å². The number of rotatable bonds is 5. The Balaban J connectivity index is 1.53. The molecule has 1 unspecified atom stereocenters. The number of hydrogen-bond acceptors (Lipinski definition) is 4. The van der Waals surface area contributed by atoms with Gasteiger partial charge in [-0.15, -0.1) is 0 Å². The van der Waals surface area contributed by atoms with Gasteiger partial charge in [0.05, 0.1) is 17.3 Å². The van der Waals surface area contributed by atoms with E-state index in [0.717, 1.165) is 29.6 Å². The highest BCUT2D eigenvalue weighted by atomic mass is 16.2.